The first-order valence-electron chi connectivity index (χ1n) is 4.94. The van der Waals surface area contributed by atoms with Gasteiger partial charge >= 0.3 is 0 Å². The molecule has 0 amide bonds. The second-order valence-corrected chi connectivity index (χ2v) is 3.54. The van der Waals surface area contributed by atoms with Gasteiger partial charge in [-0.3, -0.25) is 5.01 Å². The lowest BCUT2D eigenvalue weighted by Crippen LogP contribution is -2.24. The zero-order valence-corrected chi connectivity index (χ0v) is 8.72. The van der Waals surface area contributed by atoms with E-state index in [1.54, 1.807) is 5.01 Å². The second-order valence-electron chi connectivity index (χ2n) is 3.54. The van der Waals surface area contributed by atoms with Crippen molar-refractivity contribution >= 4 is 11.4 Å². The van der Waals surface area contributed by atoms with Gasteiger partial charge in [0.1, 0.15) is 0 Å². The monoisotopic (exact) mass is 198 g/mol. The standard InChI is InChI=1S/C13H14N2/c1-11-6-5-9-13(10-11)15(14)12-7-3-2-4-8-12/h2-10H,14H2,1H3. The van der Waals surface area contributed by atoms with Crippen LogP contribution in [0.2, 0.25) is 0 Å². The molecule has 2 aromatic rings. The third-order valence-electron chi connectivity index (χ3n) is 2.31. The molecule has 2 N–H and O–H groups in total. The van der Waals surface area contributed by atoms with E-state index in [2.05, 4.69) is 19.1 Å². The van der Waals surface area contributed by atoms with Gasteiger partial charge in [0.25, 0.3) is 0 Å². The van der Waals surface area contributed by atoms with Crippen molar-refractivity contribution in [3.8, 4) is 0 Å². The Bertz CT molecular complexity index is 437. The lowest BCUT2D eigenvalue weighted by atomic mass is 10.2. The minimum Gasteiger partial charge on any atom is -0.280 e. The molecule has 0 atom stereocenters. The van der Waals surface area contributed by atoms with Gasteiger partial charge in [0.2, 0.25) is 0 Å². The molecule has 15 heavy (non-hydrogen) atoms. The van der Waals surface area contributed by atoms with Crippen LogP contribution in [0.3, 0.4) is 0 Å². The fourth-order valence-corrected chi connectivity index (χ4v) is 1.52. The lowest BCUT2D eigenvalue weighted by molar-refractivity contribution is 1.08. The number of nitrogens with zero attached hydrogens (tertiary/aromatic N) is 1. The molecule has 0 heterocycles. The number of hydrazine groups is 1. The Kier molecular flexibility index (Phi) is 2.70. The van der Waals surface area contributed by atoms with Gasteiger partial charge in [0.05, 0.1) is 11.4 Å². The summed E-state index contributed by atoms with van der Waals surface area (Å²) in [5.41, 5.74) is 3.20. The first kappa shape index (κ1) is 9.74. The highest BCUT2D eigenvalue weighted by Gasteiger charge is 2.02. The van der Waals surface area contributed by atoms with Crippen molar-refractivity contribution in [2.24, 2.45) is 5.84 Å². The smallest absolute Gasteiger partial charge is 0.0577 e. The van der Waals surface area contributed by atoms with Crippen molar-refractivity contribution in [1.29, 1.82) is 0 Å². The Morgan fingerprint density at radius 2 is 1.53 bits per heavy atom. The maximum absolute atomic E-state index is 6.02. The molecule has 0 spiro atoms. The van der Waals surface area contributed by atoms with E-state index in [9.17, 15) is 0 Å². The summed E-state index contributed by atoms with van der Waals surface area (Å²) in [6.45, 7) is 2.06. The van der Waals surface area contributed by atoms with E-state index in [0.29, 0.717) is 0 Å². The molecule has 0 unspecified atom stereocenters. The molecule has 76 valence electrons. The fourth-order valence-electron chi connectivity index (χ4n) is 1.52. The molecule has 2 rings (SSSR count). The Morgan fingerprint density at radius 1 is 0.867 bits per heavy atom. The molecule has 0 aliphatic carbocycles. The maximum Gasteiger partial charge on any atom is 0.0577 e. The average Bonchev–Trinajstić information content (AvgIpc) is 2.29. The van der Waals surface area contributed by atoms with Crippen LogP contribution in [0.4, 0.5) is 11.4 Å². The van der Waals surface area contributed by atoms with Crippen molar-refractivity contribution in [2.75, 3.05) is 5.01 Å². The highest BCUT2D eigenvalue weighted by molar-refractivity contribution is 5.61. The van der Waals surface area contributed by atoms with Crippen LogP contribution in [0.1, 0.15) is 5.56 Å². The summed E-state index contributed by atoms with van der Waals surface area (Å²) in [4.78, 5) is 0. The third kappa shape index (κ3) is 2.17. The molecule has 2 aromatic carbocycles. The fraction of sp³-hybridized carbons (Fsp3) is 0.0769. The van der Waals surface area contributed by atoms with Crippen LogP contribution in [-0.2, 0) is 0 Å². The van der Waals surface area contributed by atoms with Crippen LogP contribution in [0.5, 0.6) is 0 Å². The minimum atomic E-state index is 0.989. The number of benzene rings is 2. The molecule has 0 saturated heterocycles. The molecule has 0 bridgehead atoms. The SMILES string of the molecule is Cc1cccc(N(N)c2ccccc2)c1. The number of rotatable bonds is 2. The number of hydrogen-bond acceptors (Lipinski definition) is 2. The van der Waals surface area contributed by atoms with Gasteiger partial charge in [0, 0.05) is 0 Å². The molecular formula is C13H14N2. The zero-order chi connectivity index (χ0) is 10.7. The van der Waals surface area contributed by atoms with Crippen molar-refractivity contribution in [3.05, 3.63) is 60.2 Å². The molecule has 0 aliphatic heterocycles. The summed E-state index contributed by atoms with van der Waals surface area (Å²) >= 11 is 0. The number of nitrogens with two attached hydrogens (primary N) is 1. The van der Waals surface area contributed by atoms with E-state index in [0.717, 1.165) is 11.4 Å². The van der Waals surface area contributed by atoms with E-state index in [1.807, 2.05) is 42.5 Å². The van der Waals surface area contributed by atoms with Gasteiger partial charge in [-0.15, -0.1) is 0 Å². The van der Waals surface area contributed by atoms with Crippen molar-refractivity contribution < 1.29 is 0 Å². The molecule has 2 nitrogen and oxygen atoms in total. The summed E-state index contributed by atoms with van der Waals surface area (Å²) in [6.07, 6.45) is 0. The van der Waals surface area contributed by atoms with Crippen LogP contribution in [0.25, 0.3) is 0 Å². The highest BCUT2D eigenvalue weighted by Crippen LogP contribution is 2.21. The maximum atomic E-state index is 6.02. The Labute approximate surface area is 89.9 Å². The van der Waals surface area contributed by atoms with Crippen LogP contribution >= 0.6 is 0 Å². The van der Waals surface area contributed by atoms with Crippen LogP contribution in [0, 0.1) is 6.92 Å². The predicted octanol–water partition coefficient (Wildman–Crippen LogP) is 3.01. The predicted molar refractivity (Wildman–Crippen MR) is 63.9 cm³/mol. The summed E-state index contributed by atoms with van der Waals surface area (Å²) in [7, 11) is 0. The molecule has 0 saturated carbocycles. The first-order valence-corrected chi connectivity index (χ1v) is 4.94. The van der Waals surface area contributed by atoms with E-state index >= 15 is 0 Å². The largest absolute Gasteiger partial charge is 0.280 e. The van der Waals surface area contributed by atoms with Gasteiger partial charge in [-0.25, -0.2) is 5.84 Å². The van der Waals surface area contributed by atoms with Crippen molar-refractivity contribution in [2.45, 2.75) is 6.92 Å². The summed E-state index contributed by atoms with van der Waals surface area (Å²) in [6, 6.07) is 18.0. The average molecular weight is 198 g/mol. The minimum absolute atomic E-state index is 0.989. The quantitative estimate of drug-likeness (QED) is 0.593. The molecular weight excluding hydrogens is 184 g/mol. The second kappa shape index (κ2) is 4.15. The van der Waals surface area contributed by atoms with E-state index in [-0.39, 0.29) is 0 Å². The van der Waals surface area contributed by atoms with Gasteiger partial charge in [-0.1, -0.05) is 30.3 Å². The molecule has 0 aromatic heterocycles. The van der Waals surface area contributed by atoms with Crippen LogP contribution < -0.4 is 10.9 Å². The molecule has 0 radical (unpaired) electrons. The number of para-hydroxylation sites is 1. The summed E-state index contributed by atoms with van der Waals surface area (Å²) in [5, 5.41) is 1.69. The van der Waals surface area contributed by atoms with Gasteiger partial charge in [-0.05, 0) is 36.8 Å². The number of hydrogen-bond donors (Lipinski definition) is 1. The Balaban J connectivity index is 2.32. The zero-order valence-electron chi connectivity index (χ0n) is 8.72. The summed E-state index contributed by atoms with van der Waals surface area (Å²) in [5.74, 6) is 6.02. The molecule has 2 heteroatoms. The Hall–Kier alpha value is -1.80. The highest BCUT2D eigenvalue weighted by atomic mass is 15.4. The van der Waals surface area contributed by atoms with E-state index in [4.69, 9.17) is 5.84 Å². The molecule has 0 fully saturated rings. The van der Waals surface area contributed by atoms with Crippen molar-refractivity contribution in [3.63, 3.8) is 0 Å². The number of anilines is 2. The normalized spacial score (nSPS) is 10.0. The van der Waals surface area contributed by atoms with Gasteiger partial charge in [-0.2, -0.15) is 0 Å². The molecule has 0 aliphatic rings. The van der Waals surface area contributed by atoms with Gasteiger partial charge in [0.15, 0.2) is 0 Å². The van der Waals surface area contributed by atoms with Crippen LogP contribution in [0.15, 0.2) is 54.6 Å². The summed E-state index contributed by atoms with van der Waals surface area (Å²) < 4.78 is 0. The number of aryl methyl sites for hydroxylation is 1. The lowest BCUT2D eigenvalue weighted by Gasteiger charge is -2.18. The van der Waals surface area contributed by atoms with Crippen molar-refractivity contribution in [1.82, 2.24) is 0 Å². The van der Waals surface area contributed by atoms with Crippen LogP contribution in [-0.4, -0.2) is 0 Å². The third-order valence-corrected chi connectivity index (χ3v) is 2.31. The Morgan fingerprint density at radius 3 is 2.20 bits per heavy atom. The van der Waals surface area contributed by atoms with E-state index < -0.39 is 0 Å². The topological polar surface area (TPSA) is 29.3 Å². The first-order chi connectivity index (χ1) is 7.27. The van der Waals surface area contributed by atoms with E-state index in [1.165, 1.54) is 5.56 Å². The van der Waals surface area contributed by atoms with Gasteiger partial charge < -0.3 is 0 Å².